The summed E-state index contributed by atoms with van der Waals surface area (Å²) in [7, 11) is 3.20. The molecule has 68 valence electrons. The van der Waals surface area contributed by atoms with E-state index in [1.54, 1.807) is 27.7 Å². The number of rotatable bonds is 6. The first-order valence-corrected chi connectivity index (χ1v) is 5.87. The molecule has 12 heavy (non-hydrogen) atoms. The normalized spacial score (nSPS) is 12.2. The van der Waals surface area contributed by atoms with Crippen molar-refractivity contribution in [2.45, 2.75) is 0 Å². The highest BCUT2D eigenvalue weighted by Gasteiger charge is 1.89. The third-order valence-corrected chi connectivity index (χ3v) is 3.14. The topological polar surface area (TPSA) is 52.0 Å². The van der Waals surface area contributed by atoms with Gasteiger partial charge in [-0.05, 0) is 16.9 Å². The van der Waals surface area contributed by atoms with Crippen molar-refractivity contribution in [3.63, 3.8) is 0 Å². The predicted molar refractivity (Wildman–Crippen MR) is 60.7 cm³/mol. The van der Waals surface area contributed by atoms with E-state index < -0.39 is 0 Å². The minimum atomic E-state index is 0.688. The van der Waals surface area contributed by atoms with Crippen LogP contribution in [0.1, 0.15) is 0 Å². The lowest BCUT2D eigenvalue weighted by atomic mass is 10.5. The van der Waals surface area contributed by atoms with Gasteiger partial charge in [-0.25, -0.2) is 0 Å². The molecule has 0 saturated carbocycles. The molecule has 0 unspecified atom stereocenters. The highest BCUT2D eigenvalue weighted by Crippen LogP contribution is 2.25. The van der Waals surface area contributed by atoms with Crippen LogP contribution in [0.2, 0.25) is 0 Å². The molecule has 0 heterocycles. The number of allylic oxidation sites excluding steroid dienone is 4. The predicted octanol–water partition coefficient (Wildman–Crippen LogP) is 1.87. The van der Waals surface area contributed by atoms with E-state index >= 15 is 0 Å². The monoisotopic (exact) mass is 202 g/mol. The highest BCUT2D eigenvalue weighted by molar-refractivity contribution is 8.78. The van der Waals surface area contributed by atoms with Gasteiger partial charge in [0.1, 0.15) is 0 Å². The lowest BCUT2D eigenvalue weighted by Gasteiger charge is -1.96. The first-order chi connectivity index (χ1) is 5.81. The average molecular weight is 202 g/mol. The fourth-order valence-electron chi connectivity index (χ4n) is 0.415. The summed E-state index contributed by atoms with van der Waals surface area (Å²) < 4.78 is 0. The number of nitrogens with two attached hydrogens (primary N) is 2. The van der Waals surface area contributed by atoms with Gasteiger partial charge in [-0.3, -0.25) is 0 Å². The summed E-state index contributed by atoms with van der Waals surface area (Å²) in [5.74, 6) is 0.921. The lowest BCUT2D eigenvalue weighted by Crippen LogP contribution is -2.00. The molecule has 0 radical (unpaired) electrons. The fraction of sp³-hybridized carbons (Fsp3) is 0.250. The maximum atomic E-state index is 5.63. The van der Waals surface area contributed by atoms with E-state index in [0.29, 0.717) is 6.54 Å². The Morgan fingerprint density at radius 1 is 1.42 bits per heavy atom. The molecule has 0 aliphatic rings. The zero-order chi connectivity index (χ0) is 9.23. The maximum Gasteiger partial charge on any atom is 0.0763 e. The molecule has 0 aliphatic heterocycles. The highest BCUT2D eigenvalue weighted by atomic mass is 33.1. The van der Waals surface area contributed by atoms with E-state index in [2.05, 4.69) is 6.58 Å². The molecule has 2 nitrogen and oxygen atoms in total. The molecule has 0 atom stereocenters. The third-order valence-electron chi connectivity index (χ3n) is 0.864. The van der Waals surface area contributed by atoms with Crippen LogP contribution in [-0.2, 0) is 0 Å². The molecule has 0 rings (SSSR count). The van der Waals surface area contributed by atoms with Crippen LogP contribution in [0.5, 0.6) is 0 Å². The molecule has 0 aromatic rings. The van der Waals surface area contributed by atoms with Gasteiger partial charge >= 0.3 is 0 Å². The Kier molecular flexibility index (Phi) is 8.54. The molecule has 0 aromatic carbocycles. The molecule has 4 N–H and O–H groups in total. The SMILES string of the molecule is C=C/C=C\C=C(/N)SSCCN. The second-order valence-corrected chi connectivity index (χ2v) is 4.37. The summed E-state index contributed by atoms with van der Waals surface area (Å²) in [6, 6.07) is 0. The van der Waals surface area contributed by atoms with E-state index in [4.69, 9.17) is 11.5 Å². The molecule has 0 aliphatic carbocycles. The first-order valence-electron chi connectivity index (χ1n) is 3.55. The Hall–Kier alpha value is -0.320. The van der Waals surface area contributed by atoms with Gasteiger partial charge in [-0.1, -0.05) is 35.6 Å². The molecule has 0 aromatic heterocycles. The van der Waals surface area contributed by atoms with Crippen molar-refractivity contribution in [3.05, 3.63) is 35.9 Å². The third kappa shape index (κ3) is 7.78. The largest absolute Gasteiger partial charge is 0.393 e. The van der Waals surface area contributed by atoms with E-state index in [1.807, 2.05) is 18.2 Å². The minimum absolute atomic E-state index is 0.688. The Bertz CT molecular complexity index is 176. The van der Waals surface area contributed by atoms with Crippen molar-refractivity contribution in [2.75, 3.05) is 12.3 Å². The number of hydrogen-bond donors (Lipinski definition) is 2. The minimum Gasteiger partial charge on any atom is -0.393 e. The summed E-state index contributed by atoms with van der Waals surface area (Å²) in [6.45, 7) is 4.24. The van der Waals surface area contributed by atoms with Crippen molar-refractivity contribution in [1.82, 2.24) is 0 Å². The zero-order valence-electron chi connectivity index (χ0n) is 6.90. The Balaban J connectivity index is 3.55. The summed E-state index contributed by atoms with van der Waals surface area (Å²) in [6.07, 6.45) is 7.25. The summed E-state index contributed by atoms with van der Waals surface area (Å²) in [4.78, 5) is 0. The molecule has 0 amide bonds. The van der Waals surface area contributed by atoms with Crippen LogP contribution in [0, 0.1) is 0 Å². The summed E-state index contributed by atoms with van der Waals surface area (Å²) >= 11 is 0. The molecule has 0 bridgehead atoms. The van der Waals surface area contributed by atoms with Crippen LogP contribution >= 0.6 is 21.6 Å². The average Bonchev–Trinajstić information content (AvgIpc) is 2.06. The van der Waals surface area contributed by atoms with Crippen molar-refractivity contribution < 1.29 is 0 Å². The van der Waals surface area contributed by atoms with Crippen LogP contribution in [-0.4, -0.2) is 12.3 Å². The summed E-state index contributed by atoms with van der Waals surface area (Å²) in [5, 5.41) is 0.784. The van der Waals surface area contributed by atoms with Crippen LogP contribution in [0.25, 0.3) is 0 Å². The molecule has 0 fully saturated rings. The fourth-order valence-corrected chi connectivity index (χ4v) is 1.98. The van der Waals surface area contributed by atoms with Gasteiger partial charge in [-0.2, -0.15) is 0 Å². The smallest absolute Gasteiger partial charge is 0.0763 e. The van der Waals surface area contributed by atoms with E-state index in [9.17, 15) is 0 Å². The van der Waals surface area contributed by atoms with Crippen LogP contribution < -0.4 is 11.5 Å². The van der Waals surface area contributed by atoms with Crippen molar-refractivity contribution in [2.24, 2.45) is 11.5 Å². The second-order valence-electron chi connectivity index (χ2n) is 1.88. The lowest BCUT2D eigenvalue weighted by molar-refractivity contribution is 1.16. The Labute approximate surface area is 81.6 Å². The van der Waals surface area contributed by atoms with Crippen molar-refractivity contribution in [1.29, 1.82) is 0 Å². The van der Waals surface area contributed by atoms with Crippen molar-refractivity contribution >= 4 is 21.6 Å². The van der Waals surface area contributed by atoms with Gasteiger partial charge in [0.15, 0.2) is 0 Å². The van der Waals surface area contributed by atoms with Gasteiger partial charge < -0.3 is 11.5 Å². The van der Waals surface area contributed by atoms with E-state index in [0.717, 1.165) is 10.8 Å². The molecular formula is C8H14N2S2. The van der Waals surface area contributed by atoms with Gasteiger partial charge in [0.05, 0.1) is 5.03 Å². The first kappa shape index (κ1) is 11.7. The zero-order valence-corrected chi connectivity index (χ0v) is 8.53. The maximum absolute atomic E-state index is 5.63. The molecular weight excluding hydrogens is 188 g/mol. The summed E-state index contributed by atoms with van der Waals surface area (Å²) in [5.41, 5.74) is 10.9. The Morgan fingerprint density at radius 3 is 2.75 bits per heavy atom. The standard InChI is InChI=1S/C8H14N2S2/c1-2-3-4-5-8(10)12-11-7-6-9/h2-5H,1,6-7,9-10H2/b4-3-,8-5+. The van der Waals surface area contributed by atoms with E-state index in [1.165, 1.54) is 0 Å². The Morgan fingerprint density at radius 2 is 2.17 bits per heavy atom. The molecule has 0 spiro atoms. The van der Waals surface area contributed by atoms with Crippen molar-refractivity contribution in [3.8, 4) is 0 Å². The van der Waals surface area contributed by atoms with Gasteiger partial charge in [0.2, 0.25) is 0 Å². The number of hydrogen-bond acceptors (Lipinski definition) is 4. The van der Waals surface area contributed by atoms with Crippen LogP contribution in [0.3, 0.4) is 0 Å². The molecule has 4 heteroatoms. The second kappa shape index (κ2) is 8.77. The quantitative estimate of drug-likeness (QED) is 0.392. The van der Waals surface area contributed by atoms with Crippen LogP contribution in [0.15, 0.2) is 35.9 Å². The van der Waals surface area contributed by atoms with Gasteiger partial charge in [-0.15, -0.1) is 0 Å². The van der Waals surface area contributed by atoms with E-state index in [-0.39, 0.29) is 0 Å². The van der Waals surface area contributed by atoms with Gasteiger partial charge in [0.25, 0.3) is 0 Å². The van der Waals surface area contributed by atoms with Gasteiger partial charge in [0, 0.05) is 12.3 Å². The van der Waals surface area contributed by atoms with Crippen LogP contribution in [0.4, 0.5) is 0 Å². The molecule has 0 saturated heterocycles.